The quantitative estimate of drug-likeness (QED) is 0.671. The normalized spacial score (nSPS) is 25.5. The second-order valence-corrected chi connectivity index (χ2v) is 7.64. The van der Waals surface area contributed by atoms with Crippen LogP contribution in [0.5, 0.6) is 0 Å². The Bertz CT molecular complexity index is 607. The van der Waals surface area contributed by atoms with Crippen molar-refractivity contribution in [1.29, 1.82) is 0 Å². The molecule has 1 amide bonds. The Hall–Kier alpha value is -0.560. The maximum Gasteiger partial charge on any atom is 0.240 e. The van der Waals surface area contributed by atoms with Crippen LogP contribution in [0.1, 0.15) is 38.9 Å². The Labute approximate surface area is 164 Å². The smallest absolute Gasteiger partial charge is 0.240 e. The predicted molar refractivity (Wildman–Crippen MR) is 102 cm³/mol. The molecule has 0 saturated heterocycles. The average molecular weight is 412 g/mol. The van der Waals surface area contributed by atoms with E-state index in [4.69, 9.17) is 33.7 Å². The molecule has 0 heterocycles. The highest BCUT2D eigenvalue weighted by Crippen LogP contribution is 2.49. The lowest BCUT2D eigenvalue weighted by molar-refractivity contribution is -0.170. The molecule has 1 saturated carbocycles. The van der Waals surface area contributed by atoms with Crippen molar-refractivity contribution in [2.45, 2.75) is 44.9 Å². The summed E-state index contributed by atoms with van der Waals surface area (Å²) in [5.41, 5.74) is 5.35. The largest absolute Gasteiger partial charge is 0.387 e. The van der Waals surface area contributed by atoms with E-state index >= 15 is 0 Å². The molecule has 1 aliphatic carbocycles. The average Bonchev–Trinajstić information content (AvgIpc) is 2.50. The van der Waals surface area contributed by atoms with Crippen molar-refractivity contribution in [1.82, 2.24) is 5.32 Å². The number of hydrogen-bond acceptors (Lipinski definition) is 4. The third kappa shape index (κ3) is 4.41. The standard InChI is InChI=1S/C17H24Cl2N2O3.ClH/c1-4-24-14-8-17(20,16(14,2)3)15(23)21-9-13(22)10-5-11(18)7-12(19)6-10;/h5-7,13-14,22H,4,8-9,20H2,1-3H3,(H,21,23);1H. The second kappa shape index (κ2) is 8.42. The summed E-state index contributed by atoms with van der Waals surface area (Å²) in [6.07, 6.45) is -0.506. The zero-order chi connectivity index (χ0) is 18.1. The summed E-state index contributed by atoms with van der Waals surface area (Å²) in [6, 6.07) is 4.80. The number of nitrogens with two attached hydrogens (primary N) is 1. The van der Waals surface area contributed by atoms with E-state index in [1.165, 1.54) is 0 Å². The molecule has 0 aromatic heterocycles. The highest BCUT2D eigenvalue weighted by atomic mass is 35.5. The molecule has 1 aromatic rings. The van der Waals surface area contributed by atoms with E-state index in [9.17, 15) is 9.90 Å². The van der Waals surface area contributed by atoms with Crippen molar-refractivity contribution in [2.75, 3.05) is 13.2 Å². The van der Waals surface area contributed by atoms with Crippen LogP contribution in [0, 0.1) is 5.41 Å². The minimum atomic E-state index is -1.02. The number of aliphatic hydroxyl groups excluding tert-OH is 1. The fourth-order valence-corrected chi connectivity index (χ4v) is 3.60. The number of carbonyl (C=O) groups excluding carboxylic acids is 1. The van der Waals surface area contributed by atoms with Gasteiger partial charge in [0, 0.05) is 35.0 Å². The molecule has 8 heteroatoms. The number of benzene rings is 1. The van der Waals surface area contributed by atoms with Gasteiger partial charge in [0.1, 0.15) is 5.54 Å². The van der Waals surface area contributed by atoms with Crippen LogP contribution in [0.4, 0.5) is 0 Å². The van der Waals surface area contributed by atoms with E-state index in [2.05, 4.69) is 5.32 Å². The summed E-state index contributed by atoms with van der Waals surface area (Å²) in [7, 11) is 0. The van der Waals surface area contributed by atoms with Crippen molar-refractivity contribution in [3.05, 3.63) is 33.8 Å². The minimum Gasteiger partial charge on any atom is -0.387 e. The van der Waals surface area contributed by atoms with Crippen LogP contribution in [0.15, 0.2) is 18.2 Å². The lowest BCUT2D eigenvalue weighted by Crippen LogP contribution is -2.75. The fraction of sp³-hybridized carbons (Fsp3) is 0.588. The number of carbonyl (C=O) groups is 1. The lowest BCUT2D eigenvalue weighted by atomic mass is 9.54. The van der Waals surface area contributed by atoms with Gasteiger partial charge in [-0.3, -0.25) is 4.79 Å². The topological polar surface area (TPSA) is 84.6 Å². The van der Waals surface area contributed by atoms with Crippen molar-refractivity contribution in [3.8, 4) is 0 Å². The second-order valence-electron chi connectivity index (χ2n) is 6.77. The van der Waals surface area contributed by atoms with Crippen LogP contribution in [-0.2, 0) is 9.53 Å². The summed E-state index contributed by atoms with van der Waals surface area (Å²) < 4.78 is 5.62. The van der Waals surface area contributed by atoms with E-state index in [1.807, 2.05) is 20.8 Å². The number of aliphatic hydroxyl groups is 1. The van der Waals surface area contributed by atoms with Crippen LogP contribution in [0.2, 0.25) is 10.0 Å². The number of amides is 1. The Kier molecular flexibility index (Phi) is 7.57. The fourth-order valence-electron chi connectivity index (χ4n) is 3.05. The van der Waals surface area contributed by atoms with Gasteiger partial charge in [-0.2, -0.15) is 0 Å². The van der Waals surface area contributed by atoms with Crippen molar-refractivity contribution in [3.63, 3.8) is 0 Å². The number of nitrogens with one attached hydrogen (secondary N) is 1. The summed E-state index contributed by atoms with van der Waals surface area (Å²) in [5, 5.41) is 13.8. The van der Waals surface area contributed by atoms with Gasteiger partial charge < -0.3 is 20.9 Å². The van der Waals surface area contributed by atoms with Crippen molar-refractivity contribution < 1.29 is 14.6 Å². The SMILES string of the molecule is CCOC1CC(N)(C(=O)NCC(O)c2cc(Cl)cc(Cl)c2)C1(C)C.Cl. The predicted octanol–water partition coefficient (Wildman–Crippen LogP) is 3.10. The Balaban J connectivity index is 0.00000312. The number of halogens is 3. The summed E-state index contributed by atoms with van der Waals surface area (Å²) in [4.78, 5) is 12.5. The van der Waals surface area contributed by atoms with Crippen LogP contribution >= 0.6 is 35.6 Å². The van der Waals surface area contributed by atoms with Gasteiger partial charge in [-0.1, -0.05) is 37.0 Å². The highest BCUT2D eigenvalue weighted by molar-refractivity contribution is 6.34. The van der Waals surface area contributed by atoms with E-state index in [0.29, 0.717) is 28.6 Å². The molecular weight excluding hydrogens is 387 g/mol. The molecule has 1 fully saturated rings. The Morgan fingerprint density at radius 2 is 1.96 bits per heavy atom. The Morgan fingerprint density at radius 1 is 1.40 bits per heavy atom. The molecule has 0 bridgehead atoms. The molecule has 1 aliphatic rings. The van der Waals surface area contributed by atoms with Crippen LogP contribution in [-0.4, -0.2) is 35.8 Å². The van der Waals surface area contributed by atoms with Gasteiger partial charge in [-0.25, -0.2) is 0 Å². The van der Waals surface area contributed by atoms with Gasteiger partial charge in [0.2, 0.25) is 5.91 Å². The number of hydrogen-bond donors (Lipinski definition) is 3. The van der Waals surface area contributed by atoms with E-state index in [0.717, 1.165) is 0 Å². The molecule has 3 atom stereocenters. The Morgan fingerprint density at radius 3 is 2.44 bits per heavy atom. The molecule has 3 unspecified atom stereocenters. The molecule has 0 aliphatic heterocycles. The third-order valence-electron chi connectivity index (χ3n) is 4.96. The van der Waals surface area contributed by atoms with Gasteiger partial charge in [-0.15, -0.1) is 12.4 Å². The van der Waals surface area contributed by atoms with Crippen molar-refractivity contribution in [2.24, 2.45) is 11.1 Å². The van der Waals surface area contributed by atoms with E-state index in [1.54, 1.807) is 18.2 Å². The molecule has 5 nitrogen and oxygen atoms in total. The zero-order valence-corrected chi connectivity index (χ0v) is 16.8. The first kappa shape index (κ1) is 22.5. The first-order valence-electron chi connectivity index (χ1n) is 7.94. The third-order valence-corrected chi connectivity index (χ3v) is 5.40. The minimum absolute atomic E-state index is 0. The summed E-state index contributed by atoms with van der Waals surface area (Å²) >= 11 is 11.9. The first-order chi connectivity index (χ1) is 11.1. The first-order valence-corrected chi connectivity index (χ1v) is 8.70. The van der Waals surface area contributed by atoms with Gasteiger partial charge in [0.05, 0.1) is 12.2 Å². The molecular formula is C17H25Cl3N2O3. The van der Waals surface area contributed by atoms with E-state index < -0.39 is 17.1 Å². The van der Waals surface area contributed by atoms with Gasteiger partial charge in [0.15, 0.2) is 0 Å². The monoisotopic (exact) mass is 410 g/mol. The molecule has 0 radical (unpaired) electrons. The van der Waals surface area contributed by atoms with Crippen LogP contribution in [0.3, 0.4) is 0 Å². The van der Waals surface area contributed by atoms with Crippen LogP contribution < -0.4 is 11.1 Å². The molecule has 1 aromatic carbocycles. The maximum absolute atomic E-state index is 12.5. The van der Waals surface area contributed by atoms with E-state index in [-0.39, 0.29) is 31.0 Å². The summed E-state index contributed by atoms with van der Waals surface area (Å²) in [6.45, 7) is 6.37. The number of ether oxygens (including phenoxy) is 1. The maximum atomic E-state index is 12.5. The lowest BCUT2D eigenvalue weighted by Gasteiger charge is -2.57. The molecule has 4 N–H and O–H groups in total. The van der Waals surface area contributed by atoms with Gasteiger partial charge >= 0.3 is 0 Å². The molecule has 142 valence electrons. The molecule has 0 spiro atoms. The zero-order valence-electron chi connectivity index (χ0n) is 14.5. The molecule has 25 heavy (non-hydrogen) atoms. The van der Waals surface area contributed by atoms with Gasteiger partial charge in [-0.05, 0) is 30.7 Å². The molecule has 2 rings (SSSR count). The highest BCUT2D eigenvalue weighted by Gasteiger charge is 2.62. The van der Waals surface area contributed by atoms with Crippen molar-refractivity contribution >= 4 is 41.5 Å². The summed E-state index contributed by atoms with van der Waals surface area (Å²) in [5.74, 6) is -0.296. The van der Waals surface area contributed by atoms with Crippen LogP contribution in [0.25, 0.3) is 0 Å². The number of rotatable bonds is 6. The van der Waals surface area contributed by atoms with Gasteiger partial charge in [0.25, 0.3) is 0 Å².